The molecular weight excluding hydrogens is 245 g/mol. The van der Waals surface area contributed by atoms with Gasteiger partial charge in [0.1, 0.15) is 9.63 Å². The minimum absolute atomic E-state index is 0.124. The van der Waals surface area contributed by atoms with E-state index in [1.807, 2.05) is 0 Å². The summed E-state index contributed by atoms with van der Waals surface area (Å²) in [5, 5.41) is 0.313. The summed E-state index contributed by atoms with van der Waals surface area (Å²) in [5.74, 6) is -0.318. The average molecular weight is 250 g/mol. The first kappa shape index (κ1) is 9.48. The van der Waals surface area contributed by atoms with Crippen molar-refractivity contribution in [2.24, 2.45) is 0 Å². The van der Waals surface area contributed by atoms with Crippen molar-refractivity contribution in [3.8, 4) is 5.88 Å². The Bertz CT molecular complexity index is 316. The second-order valence-corrected chi connectivity index (χ2v) is 3.23. The lowest BCUT2D eigenvalue weighted by Crippen LogP contribution is -2.03. The smallest absolute Gasteiger partial charge is 0.309 e. The molecule has 1 aromatic rings. The standard InChI is InChI=1S/C7H5BrClNO2/c1-4(11)12-7-5(9)2-3-6(8)10-7/h2-3H,1H3. The molecule has 1 aromatic heterocycles. The Hall–Kier alpha value is -0.610. The molecule has 3 nitrogen and oxygen atoms in total. The van der Waals surface area contributed by atoms with E-state index in [1.54, 1.807) is 12.1 Å². The predicted molar refractivity (Wildman–Crippen MR) is 48.3 cm³/mol. The Morgan fingerprint density at radius 1 is 1.67 bits per heavy atom. The zero-order valence-electron chi connectivity index (χ0n) is 6.17. The Kier molecular flexibility index (Phi) is 3.05. The number of ether oxygens (including phenoxy) is 1. The molecule has 0 radical (unpaired) electrons. The summed E-state index contributed by atoms with van der Waals surface area (Å²) in [6.45, 7) is 1.29. The summed E-state index contributed by atoms with van der Waals surface area (Å²) >= 11 is 8.80. The Labute approximate surface area is 82.8 Å². The summed E-state index contributed by atoms with van der Waals surface area (Å²) in [5.41, 5.74) is 0. The second kappa shape index (κ2) is 3.87. The molecule has 1 rings (SSSR count). The van der Waals surface area contributed by atoms with E-state index in [4.69, 9.17) is 16.3 Å². The van der Waals surface area contributed by atoms with Gasteiger partial charge in [0.05, 0.1) is 0 Å². The fourth-order valence-corrected chi connectivity index (χ4v) is 1.05. The van der Waals surface area contributed by atoms with Crippen LogP contribution in [0.15, 0.2) is 16.7 Å². The first-order chi connectivity index (χ1) is 5.59. The van der Waals surface area contributed by atoms with Gasteiger partial charge in [-0.2, -0.15) is 0 Å². The number of aromatic nitrogens is 1. The van der Waals surface area contributed by atoms with Crippen LogP contribution in [0.25, 0.3) is 0 Å². The fraction of sp³-hybridized carbons (Fsp3) is 0.143. The molecule has 0 aliphatic carbocycles. The molecule has 0 fully saturated rings. The number of hydrogen-bond donors (Lipinski definition) is 0. The maximum atomic E-state index is 10.5. The minimum atomic E-state index is -0.442. The van der Waals surface area contributed by atoms with Gasteiger partial charge in [-0.1, -0.05) is 11.6 Å². The van der Waals surface area contributed by atoms with Gasteiger partial charge in [-0.05, 0) is 28.1 Å². The quantitative estimate of drug-likeness (QED) is 0.567. The second-order valence-electron chi connectivity index (χ2n) is 2.01. The van der Waals surface area contributed by atoms with Crippen LogP contribution in [0.2, 0.25) is 5.02 Å². The molecule has 0 amide bonds. The third kappa shape index (κ3) is 2.46. The highest BCUT2D eigenvalue weighted by Crippen LogP contribution is 2.23. The first-order valence-electron chi connectivity index (χ1n) is 3.10. The molecule has 0 saturated carbocycles. The Balaban J connectivity index is 2.97. The van der Waals surface area contributed by atoms with E-state index >= 15 is 0 Å². The zero-order chi connectivity index (χ0) is 9.14. The maximum absolute atomic E-state index is 10.5. The van der Waals surface area contributed by atoms with Gasteiger partial charge in [0, 0.05) is 6.92 Å². The number of carbonyl (C=O) groups is 1. The van der Waals surface area contributed by atoms with E-state index in [1.165, 1.54) is 6.92 Å². The summed E-state index contributed by atoms with van der Waals surface area (Å²) in [7, 11) is 0. The summed E-state index contributed by atoms with van der Waals surface area (Å²) in [6, 6.07) is 3.26. The highest BCUT2D eigenvalue weighted by atomic mass is 79.9. The third-order valence-electron chi connectivity index (χ3n) is 1.02. The molecule has 0 bridgehead atoms. The number of halogens is 2. The van der Waals surface area contributed by atoms with E-state index in [-0.39, 0.29) is 5.88 Å². The van der Waals surface area contributed by atoms with Gasteiger partial charge in [0.15, 0.2) is 0 Å². The number of hydrogen-bond acceptors (Lipinski definition) is 3. The number of esters is 1. The number of nitrogens with zero attached hydrogens (tertiary/aromatic N) is 1. The van der Waals surface area contributed by atoms with Gasteiger partial charge in [-0.3, -0.25) is 4.79 Å². The number of pyridine rings is 1. The number of rotatable bonds is 1. The van der Waals surface area contributed by atoms with Gasteiger partial charge in [0.25, 0.3) is 0 Å². The fourth-order valence-electron chi connectivity index (χ4n) is 0.609. The molecule has 0 saturated heterocycles. The molecule has 12 heavy (non-hydrogen) atoms. The van der Waals surface area contributed by atoms with Crippen LogP contribution in [-0.4, -0.2) is 11.0 Å². The summed E-state index contributed by atoms with van der Waals surface area (Å²) in [6.07, 6.45) is 0. The molecule has 0 atom stereocenters. The van der Waals surface area contributed by atoms with Gasteiger partial charge >= 0.3 is 5.97 Å². The summed E-state index contributed by atoms with van der Waals surface area (Å²) in [4.78, 5) is 14.4. The van der Waals surface area contributed by atoms with E-state index in [0.29, 0.717) is 9.63 Å². The van der Waals surface area contributed by atoms with Crippen molar-refractivity contribution >= 4 is 33.5 Å². The molecule has 0 spiro atoms. The molecule has 0 aliphatic rings. The third-order valence-corrected chi connectivity index (χ3v) is 1.75. The molecule has 0 aromatic carbocycles. The van der Waals surface area contributed by atoms with Crippen molar-refractivity contribution < 1.29 is 9.53 Å². The highest BCUT2D eigenvalue weighted by molar-refractivity contribution is 9.10. The lowest BCUT2D eigenvalue weighted by Gasteiger charge is -2.01. The molecular formula is C7H5BrClNO2. The Morgan fingerprint density at radius 2 is 2.33 bits per heavy atom. The minimum Gasteiger partial charge on any atom is -0.406 e. The topological polar surface area (TPSA) is 39.2 Å². The van der Waals surface area contributed by atoms with Crippen LogP contribution in [0.4, 0.5) is 0 Å². The van der Waals surface area contributed by atoms with Crippen LogP contribution in [0.1, 0.15) is 6.92 Å². The van der Waals surface area contributed by atoms with E-state index in [0.717, 1.165) is 0 Å². The predicted octanol–water partition coefficient (Wildman–Crippen LogP) is 2.42. The van der Waals surface area contributed by atoms with Crippen LogP contribution >= 0.6 is 27.5 Å². The molecule has 0 N–H and O–H groups in total. The SMILES string of the molecule is CC(=O)Oc1nc(Br)ccc1Cl. The van der Waals surface area contributed by atoms with E-state index in [2.05, 4.69) is 20.9 Å². The van der Waals surface area contributed by atoms with Crippen LogP contribution in [-0.2, 0) is 4.79 Å². The normalized spacial score (nSPS) is 9.58. The van der Waals surface area contributed by atoms with Crippen molar-refractivity contribution in [3.05, 3.63) is 21.8 Å². The van der Waals surface area contributed by atoms with Gasteiger partial charge in [-0.15, -0.1) is 0 Å². The highest BCUT2D eigenvalue weighted by Gasteiger charge is 2.05. The molecule has 64 valence electrons. The van der Waals surface area contributed by atoms with Crippen LogP contribution in [0.3, 0.4) is 0 Å². The molecule has 5 heteroatoms. The molecule has 1 heterocycles. The van der Waals surface area contributed by atoms with Gasteiger partial charge in [-0.25, -0.2) is 4.98 Å². The van der Waals surface area contributed by atoms with E-state index < -0.39 is 5.97 Å². The van der Waals surface area contributed by atoms with Crippen molar-refractivity contribution in [2.75, 3.05) is 0 Å². The van der Waals surface area contributed by atoms with E-state index in [9.17, 15) is 4.79 Å². The van der Waals surface area contributed by atoms with Crippen molar-refractivity contribution in [1.82, 2.24) is 4.98 Å². The lowest BCUT2D eigenvalue weighted by molar-refractivity contribution is -0.132. The van der Waals surface area contributed by atoms with Crippen molar-refractivity contribution in [1.29, 1.82) is 0 Å². The number of carbonyl (C=O) groups excluding carboxylic acids is 1. The van der Waals surface area contributed by atoms with Crippen LogP contribution in [0, 0.1) is 0 Å². The van der Waals surface area contributed by atoms with Crippen molar-refractivity contribution in [3.63, 3.8) is 0 Å². The summed E-state index contributed by atoms with van der Waals surface area (Å²) < 4.78 is 5.29. The van der Waals surface area contributed by atoms with Crippen LogP contribution in [0.5, 0.6) is 5.88 Å². The van der Waals surface area contributed by atoms with Gasteiger partial charge in [0.2, 0.25) is 5.88 Å². The zero-order valence-corrected chi connectivity index (χ0v) is 8.52. The monoisotopic (exact) mass is 249 g/mol. The van der Waals surface area contributed by atoms with Crippen LogP contribution < -0.4 is 4.74 Å². The Morgan fingerprint density at radius 3 is 2.92 bits per heavy atom. The average Bonchev–Trinajstić information content (AvgIpc) is 1.96. The molecule has 0 unspecified atom stereocenters. The molecule has 0 aliphatic heterocycles. The van der Waals surface area contributed by atoms with Crippen molar-refractivity contribution in [2.45, 2.75) is 6.92 Å². The largest absolute Gasteiger partial charge is 0.406 e. The maximum Gasteiger partial charge on any atom is 0.309 e. The van der Waals surface area contributed by atoms with Gasteiger partial charge < -0.3 is 4.74 Å². The first-order valence-corrected chi connectivity index (χ1v) is 4.27. The lowest BCUT2D eigenvalue weighted by atomic mass is 10.5.